The summed E-state index contributed by atoms with van der Waals surface area (Å²) in [7, 11) is 0. The van der Waals surface area contributed by atoms with Crippen LogP contribution in [0.4, 0.5) is 0 Å². The normalized spacial score (nSPS) is 23.7. The summed E-state index contributed by atoms with van der Waals surface area (Å²) < 4.78 is 0.306. The average Bonchev–Trinajstić information content (AvgIpc) is 2.60. The van der Waals surface area contributed by atoms with Crippen LogP contribution in [0.2, 0.25) is 0 Å². The largest absolute Gasteiger partial charge is 0.340 e. The van der Waals surface area contributed by atoms with Crippen molar-refractivity contribution in [3.05, 3.63) is 0 Å². The Morgan fingerprint density at radius 3 is 2.23 bits per heavy atom. The topological polar surface area (TPSA) is 26.8 Å². The quantitative estimate of drug-likeness (QED) is 0.747. The summed E-state index contributed by atoms with van der Waals surface area (Å²) in [4.78, 5) is 19.6. The molecule has 0 radical (unpaired) electrons. The van der Waals surface area contributed by atoms with E-state index in [2.05, 4.69) is 47.2 Å². The van der Waals surface area contributed by atoms with E-state index in [1.54, 1.807) is 0 Å². The number of likely N-dealkylation sites (N-methyl/N-ethyl adjacent to an activating group) is 1. The number of thioether (sulfide) groups is 1. The summed E-state index contributed by atoms with van der Waals surface area (Å²) in [6.45, 7) is 15.3. The Balaban J connectivity index is 1.75. The number of carbonyl (C=O) groups excluding carboxylic acids is 1. The molecule has 0 aromatic rings. The molecule has 2 heterocycles. The van der Waals surface area contributed by atoms with Crippen LogP contribution < -0.4 is 0 Å². The van der Waals surface area contributed by atoms with Crippen LogP contribution >= 0.6 is 11.8 Å². The summed E-state index contributed by atoms with van der Waals surface area (Å²) in [5.74, 6) is 1.47. The fourth-order valence-electron chi connectivity index (χ4n) is 3.48. The number of hydrogen-bond acceptors (Lipinski definition) is 4. The van der Waals surface area contributed by atoms with E-state index >= 15 is 0 Å². The van der Waals surface area contributed by atoms with Crippen molar-refractivity contribution in [2.24, 2.45) is 0 Å². The molecule has 1 amide bonds. The zero-order valence-corrected chi connectivity index (χ0v) is 15.5. The van der Waals surface area contributed by atoms with Crippen LogP contribution in [0.5, 0.6) is 0 Å². The van der Waals surface area contributed by atoms with Crippen molar-refractivity contribution in [1.82, 2.24) is 14.7 Å². The average molecular weight is 328 g/mol. The van der Waals surface area contributed by atoms with E-state index in [-0.39, 0.29) is 0 Å². The zero-order valence-electron chi connectivity index (χ0n) is 14.6. The molecule has 2 rings (SSSR count). The minimum Gasteiger partial charge on any atom is -0.340 e. The number of nitrogens with zero attached hydrogens (tertiary/aromatic N) is 3. The van der Waals surface area contributed by atoms with Gasteiger partial charge < -0.3 is 14.7 Å². The van der Waals surface area contributed by atoms with E-state index in [0.29, 0.717) is 17.1 Å². The Bertz CT molecular complexity index is 352. The van der Waals surface area contributed by atoms with Gasteiger partial charge in [-0.05, 0) is 19.4 Å². The number of piperazine rings is 1. The Hall–Kier alpha value is -0.260. The molecular weight excluding hydrogens is 294 g/mol. The van der Waals surface area contributed by atoms with Gasteiger partial charge >= 0.3 is 0 Å². The van der Waals surface area contributed by atoms with E-state index in [1.807, 2.05) is 0 Å². The molecule has 0 atom stereocenters. The third-order valence-electron chi connectivity index (χ3n) is 5.44. The lowest BCUT2D eigenvalue weighted by Crippen LogP contribution is -2.50. The van der Waals surface area contributed by atoms with E-state index < -0.39 is 0 Å². The smallest absolute Gasteiger partial charge is 0.223 e. The molecule has 128 valence electrons. The van der Waals surface area contributed by atoms with Gasteiger partial charge in [-0.2, -0.15) is 11.8 Å². The van der Waals surface area contributed by atoms with Gasteiger partial charge in [-0.15, -0.1) is 0 Å². The molecule has 2 fully saturated rings. The third kappa shape index (κ3) is 4.62. The fraction of sp³-hybridized carbons (Fsp3) is 0.941. The molecule has 0 aromatic carbocycles. The van der Waals surface area contributed by atoms with Crippen LogP contribution in [0.25, 0.3) is 0 Å². The zero-order chi connectivity index (χ0) is 16.0. The highest BCUT2D eigenvalue weighted by Gasteiger charge is 2.34. The van der Waals surface area contributed by atoms with Gasteiger partial charge in [0.1, 0.15) is 0 Å². The van der Waals surface area contributed by atoms with Crippen LogP contribution in [0.15, 0.2) is 0 Å². The maximum absolute atomic E-state index is 12.6. The highest BCUT2D eigenvalue weighted by atomic mass is 32.2. The lowest BCUT2D eigenvalue weighted by Gasteiger charge is -2.42. The predicted molar refractivity (Wildman–Crippen MR) is 95.5 cm³/mol. The molecule has 0 spiro atoms. The number of hydrogen-bond donors (Lipinski definition) is 0. The molecule has 0 bridgehead atoms. The second-order valence-electron chi connectivity index (χ2n) is 6.58. The third-order valence-corrected chi connectivity index (χ3v) is 7.15. The summed E-state index contributed by atoms with van der Waals surface area (Å²) >= 11 is 2.07. The van der Waals surface area contributed by atoms with Crippen LogP contribution in [-0.2, 0) is 4.79 Å². The second-order valence-corrected chi connectivity index (χ2v) is 8.14. The van der Waals surface area contributed by atoms with Crippen LogP contribution in [0.1, 0.15) is 40.0 Å². The van der Waals surface area contributed by atoms with Gasteiger partial charge in [0.25, 0.3) is 0 Å². The van der Waals surface area contributed by atoms with Gasteiger partial charge in [-0.3, -0.25) is 4.79 Å². The standard InChI is InChI=1S/C17H33N3OS/c1-4-17(5-2)15-20(13-14-22-17)16(21)7-8-19-11-9-18(6-3)10-12-19/h4-15H2,1-3H3. The molecule has 4 nitrogen and oxygen atoms in total. The van der Waals surface area contributed by atoms with E-state index in [0.717, 1.165) is 71.0 Å². The molecule has 0 N–H and O–H groups in total. The molecule has 2 aliphatic rings. The highest BCUT2D eigenvalue weighted by molar-refractivity contribution is 8.00. The molecule has 0 saturated carbocycles. The van der Waals surface area contributed by atoms with Crippen molar-refractivity contribution < 1.29 is 4.79 Å². The van der Waals surface area contributed by atoms with Gasteiger partial charge in [0, 0.05) is 62.7 Å². The second kappa shape index (κ2) is 8.55. The van der Waals surface area contributed by atoms with Crippen molar-refractivity contribution in [2.75, 3.05) is 58.1 Å². The van der Waals surface area contributed by atoms with E-state index in [9.17, 15) is 4.79 Å². The van der Waals surface area contributed by atoms with Gasteiger partial charge in [-0.25, -0.2) is 0 Å². The molecule has 22 heavy (non-hydrogen) atoms. The lowest BCUT2D eigenvalue weighted by atomic mass is 10.0. The van der Waals surface area contributed by atoms with E-state index in [1.165, 1.54) is 0 Å². The molecule has 2 saturated heterocycles. The first-order chi connectivity index (χ1) is 10.6. The van der Waals surface area contributed by atoms with Crippen LogP contribution in [0, 0.1) is 0 Å². The Morgan fingerprint density at radius 1 is 1.00 bits per heavy atom. The highest BCUT2D eigenvalue weighted by Crippen LogP contribution is 2.36. The molecule has 2 aliphatic heterocycles. The SMILES string of the molecule is CCN1CCN(CCC(=O)N2CCSC(CC)(CC)C2)CC1. The van der Waals surface area contributed by atoms with Crippen LogP contribution in [0.3, 0.4) is 0 Å². The maximum atomic E-state index is 12.6. The first-order valence-electron chi connectivity index (χ1n) is 8.99. The maximum Gasteiger partial charge on any atom is 0.223 e. The van der Waals surface area contributed by atoms with Gasteiger partial charge in [0.15, 0.2) is 0 Å². The molecule has 0 aromatic heterocycles. The first-order valence-corrected chi connectivity index (χ1v) is 9.97. The van der Waals surface area contributed by atoms with Gasteiger partial charge in [0.05, 0.1) is 0 Å². The summed E-state index contributed by atoms with van der Waals surface area (Å²) in [6, 6.07) is 0. The van der Waals surface area contributed by atoms with E-state index in [4.69, 9.17) is 0 Å². The summed E-state index contributed by atoms with van der Waals surface area (Å²) in [5, 5.41) is 0. The van der Waals surface area contributed by atoms with Crippen molar-refractivity contribution in [3.63, 3.8) is 0 Å². The monoisotopic (exact) mass is 327 g/mol. The van der Waals surface area contributed by atoms with Crippen molar-refractivity contribution in [1.29, 1.82) is 0 Å². The number of carbonyl (C=O) groups is 1. The van der Waals surface area contributed by atoms with Crippen molar-refractivity contribution in [2.45, 2.75) is 44.8 Å². The van der Waals surface area contributed by atoms with Crippen molar-refractivity contribution in [3.8, 4) is 0 Å². The molecule has 0 aliphatic carbocycles. The minimum absolute atomic E-state index is 0.306. The lowest BCUT2D eigenvalue weighted by molar-refractivity contribution is -0.132. The number of rotatable bonds is 6. The fourth-order valence-corrected chi connectivity index (χ4v) is 4.88. The molecular formula is C17H33N3OS. The molecule has 0 unspecified atom stereocenters. The summed E-state index contributed by atoms with van der Waals surface area (Å²) in [5.41, 5.74) is 0. The Kier molecular flexibility index (Phi) is 7.03. The van der Waals surface area contributed by atoms with Crippen molar-refractivity contribution >= 4 is 17.7 Å². The Labute approximate surface area is 140 Å². The first kappa shape index (κ1) is 18.1. The predicted octanol–water partition coefficient (Wildman–Crippen LogP) is 2.15. The minimum atomic E-state index is 0.306. The van der Waals surface area contributed by atoms with Gasteiger partial charge in [-0.1, -0.05) is 20.8 Å². The van der Waals surface area contributed by atoms with Crippen LogP contribution in [-0.4, -0.2) is 83.5 Å². The Morgan fingerprint density at radius 2 is 1.64 bits per heavy atom. The molecule has 5 heteroatoms. The number of amides is 1. The summed E-state index contributed by atoms with van der Waals surface area (Å²) in [6.07, 6.45) is 3.02. The van der Waals surface area contributed by atoms with Gasteiger partial charge in [0.2, 0.25) is 5.91 Å².